The van der Waals surface area contributed by atoms with Gasteiger partial charge in [-0.15, -0.1) is 0 Å². The Morgan fingerprint density at radius 2 is 2.06 bits per heavy atom. The summed E-state index contributed by atoms with van der Waals surface area (Å²) in [6, 6.07) is 6.36. The van der Waals surface area contributed by atoms with Crippen LogP contribution in [0.1, 0.15) is 30.9 Å². The summed E-state index contributed by atoms with van der Waals surface area (Å²) in [7, 11) is 1.73. The second-order valence-corrected chi connectivity index (χ2v) is 4.54. The van der Waals surface area contributed by atoms with Crippen molar-refractivity contribution in [3.8, 4) is 5.75 Å². The Bertz CT molecular complexity index is 323. The van der Waals surface area contributed by atoms with Gasteiger partial charge in [-0.3, -0.25) is 0 Å². The molecule has 16 heavy (non-hydrogen) atoms. The van der Waals surface area contributed by atoms with Gasteiger partial charge in [0.25, 0.3) is 0 Å². The van der Waals surface area contributed by atoms with E-state index in [2.05, 4.69) is 32.0 Å². The van der Waals surface area contributed by atoms with Crippen LogP contribution < -0.4 is 10.5 Å². The van der Waals surface area contributed by atoms with E-state index >= 15 is 0 Å². The number of aryl methyl sites for hydroxylation is 2. The van der Waals surface area contributed by atoms with Gasteiger partial charge in [0.1, 0.15) is 5.75 Å². The lowest BCUT2D eigenvalue weighted by atomic mass is 9.97. The van der Waals surface area contributed by atoms with Gasteiger partial charge >= 0.3 is 0 Å². The predicted molar refractivity (Wildman–Crippen MR) is 68.9 cm³/mol. The van der Waals surface area contributed by atoms with Crippen LogP contribution in [-0.2, 0) is 6.42 Å². The fourth-order valence-corrected chi connectivity index (χ4v) is 1.93. The summed E-state index contributed by atoms with van der Waals surface area (Å²) in [4.78, 5) is 0. The molecule has 2 N–H and O–H groups in total. The summed E-state index contributed by atoms with van der Waals surface area (Å²) >= 11 is 0. The highest BCUT2D eigenvalue weighted by molar-refractivity contribution is 5.36. The van der Waals surface area contributed by atoms with E-state index in [1.54, 1.807) is 7.11 Å². The second kappa shape index (κ2) is 6.54. The molecule has 2 nitrogen and oxygen atoms in total. The van der Waals surface area contributed by atoms with Crippen LogP contribution >= 0.6 is 0 Å². The van der Waals surface area contributed by atoms with Gasteiger partial charge < -0.3 is 10.5 Å². The van der Waals surface area contributed by atoms with Crippen molar-refractivity contribution in [3.63, 3.8) is 0 Å². The molecule has 0 heterocycles. The van der Waals surface area contributed by atoms with Crippen molar-refractivity contribution in [2.45, 2.75) is 33.1 Å². The molecule has 1 aromatic carbocycles. The van der Waals surface area contributed by atoms with Crippen molar-refractivity contribution in [2.75, 3.05) is 13.7 Å². The molecule has 0 aromatic heterocycles. The fourth-order valence-electron chi connectivity index (χ4n) is 1.93. The van der Waals surface area contributed by atoms with Crippen molar-refractivity contribution in [2.24, 2.45) is 11.7 Å². The summed E-state index contributed by atoms with van der Waals surface area (Å²) < 4.78 is 5.37. The van der Waals surface area contributed by atoms with Crippen LogP contribution in [0.25, 0.3) is 0 Å². The summed E-state index contributed by atoms with van der Waals surface area (Å²) in [5.41, 5.74) is 8.16. The summed E-state index contributed by atoms with van der Waals surface area (Å²) in [6.45, 7) is 5.16. The standard InChI is InChI=1S/C14H23NO/c1-11(8-9-15)4-6-13-10-12(2)5-7-14(13)16-3/h5,7,10-11H,4,6,8-9,15H2,1-3H3. The third-order valence-electron chi connectivity index (χ3n) is 3.00. The van der Waals surface area contributed by atoms with Crippen molar-refractivity contribution in [3.05, 3.63) is 29.3 Å². The van der Waals surface area contributed by atoms with E-state index in [0.717, 1.165) is 25.1 Å². The lowest BCUT2D eigenvalue weighted by molar-refractivity contribution is 0.405. The van der Waals surface area contributed by atoms with Crippen LogP contribution in [0.15, 0.2) is 18.2 Å². The number of nitrogens with two attached hydrogens (primary N) is 1. The number of benzene rings is 1. The van der Waals surface area contributed by atoms with Crippen LogP contribution in [0.5, 0.6) is 5.75 Å². The molecule has 0 aliphatic rings. The van der Waals surface area contributed by atoms with Gasteiger partial charge in [-0.25, -0.2) is 0 Å². The van der Waals surface area contributed by atoms with E-state index in [1.807, 2.05) is 0 Å². The first kappa shape index (κ1) is 13.0. The molecular formula is C14H23NO. The van der Waals surface area contributed by atoms with E-state index < -0.39 is 0 Å². The van der Waals surface area contributed by atoms with Gasteiger partial charge in [0.15, 0.2) is 0 Å². The molecule has 0 saturated carbocycles. The first-order valence-corrected chi connectivity index (χ1v) is 6.01. The van der Waals surface area contributed by atoms with E-state index in [-0.39, 0.29) is 0 Å². The lowest BCUT2D eigenvalue weighted by Gasteiger charge is -2.12. The minimum atomic E-state index is 0.690. The van der Waals surface area contributed by atoms with Crippen LogP contribution in [0.3, 0.4) is 0 Å². The molecule has 1 aromatic rings. The van der Waals surface area contributed by atoms with Gasteiger partial charge in [0, 0.05) is 0 Å². The number of hydrogen-bond donors (Lipinski definition) is 1. The first-order valence-electron chi connectivity index (χ1n) is 6.01. The van der Waals surface area contributed by atoms with E-state index in [9.17, 15) is 0 Å². The molecule has 0 radical (unpaired) electrons. The average molecular weight is 221 g/mol. The maximum Gasteiger partial charge on any atom is 0.122 e. The Labute approximate surface area is 98.8 Å². The Kier molecular flexibility index (Phi) is 5.33. The summed E-state index contributed by atoms with van der Waals surface area (Å²) in [5, 5.41) is 0. The van der Waals surface area contributed by atoms with Gasteiger partial charge in [-0.2, -0.15) is 0 Å². The minimum absolute atomic E-state index is 0.690. The normalized spacial score (nSPS) is 12.5. The van der Waals surface area contributed by atoms with Crippen LogP contribution in [0.4, 0.5) is 0 Å². The molecule has 0 saturated heterocycles. The molecule has 90 valence electrons. The Hall–Kier alpha value is -1.02. The SMILES string of the molecule is COc1ccc(C)cc1CCC(C)CCN. The third-order valence-corrected chi connectivity index (χ3v) is 3.00. The molecule has 1 rings (SSSR count). The highest BCUT2D eigenvalue weighted by Gasteiger charge is 2.06. The second-order valence-electron chi connectivity index (χ2n) is 4.54. The predicted octanol–water partition coefficient (Wildman–Crippen LogP) is 2.92. The van der Waals surface area contributed by atoms with Gasteiger partial charge in [-0.1, -0.05) is 24.6 Å². The zero-order chi connectivity index (χ0) is 12.0. The van der Waals surface area contributed by atoms with Crippen molar-refractivity contribution in [1.29, 1.82) is 0 Å². The molecule has 0 spiro atoms. The molecule has 0 bridgehead atoms. The smallest absolute Gasteiger partial charge is 0.122 e. The molecule has 0 aliphatic heterocycles. The number of hydrogen-bond acceptors (Lipinski definition) is 2. The van der Waals surface area contributed by atoms with Crippen molar-refractivity contribution < 1.29 is 4.74 Å². The van der Waals surface area contributed by atoms with E-state index in [4.69, 9.17) is 10.5 Å². The van der Waals surface area contributed by atoms with Gasteiger partial charge in [0.2, 0.25) is 0 Å². The molecule has 1 unspecified atom stereocenters. The average Bonchev–Trinajstić information content (AvgIpc) is 2.27. The lowest BCUT2D eigenvalue weighted by Crippen LogP contribution is -2.07. The molecule has 2 heteroatoms. The Balaban J connectivity index is 2.61. The first-order chi connectivity index (χ1) is 7.67. The Morgan fingerprint density at radius 3 is 2.69 bits per heavy atom. The fraction of sp³-hybridized carbons (Fsp3) is 0.571. The topological polar surface area (TPSA) is 35.2 Å². The highest BCUT2D eigenvalue weighted by Crippen LogP contribution is 2.23. The van der Waals surface area contributed by atoms with Crippen LogP contribution in [-0.4, -0.2) is 13.7 Å². The van der Waals surface area contributed by atoms with Gasteiger partial charge in [-0.05, 0) is 50.3 Å². The maximum atomic E-state index is 5.55. The Morgan fingerprint density at radius 1 is 1.31 bits per heavy atom. The largest absolute Gasteiger partial charge is 0.496 e. The summed E-state index contributed by atoms with van der Waals surface area (Å²) in [6.07, 6.45) is 3.36. The molecule has 0 aliphatic carbocycles. The molecule has 0 fully saturated rings. The quantitative estimate of drug-likeness (QED) is 0.801. The molecule has 0 amide bonds. The molecule has 1 atom stereocenters. The number of ether oxygens (including phenoxy) is 1. The number of methoxy groups -OCH3 is 1. The highest BCUT2D eigenvalue weighted by atomic mass is 16.5. The van der Waals surface area contributed by atoms with Crippen molar-refractivity contribution in [1.82, 2.24) is 0 Å². The third kappa shape index (κ3) is 3.86. The van der Waals surface area contributed by atoms with Crippen molar-refractivity contribution >= 4 is 0 Å². The minimum Gasteiger partial charge on any atom is -0.496 e. The van der Waals surface area contributed by atoms with Crippen LogP contribution in [0.2, 0.25) is 0 Å². The zero-order valence-corrected chi connectivity index (χ0v) is 10.6. The summed E-state index contributed by atoms with van der Waals surface area (Å²) in [5.74, 6) is 1.70. The maximum absolute atomic E-state index is 5.55. The van der Waals surface area contributed by atoms with E-state index in [1.165, 1.54) is 17.5 Å². The number of rotatable bonds is 6. The van der Waals surface area contributed by atoms with Gasteiger partial charge in [0.05, 0.1) is 7.11 Å². The van der Waals surface area contributed by atoms with E-state index in [0.29, 0.717) is 5.92 Å². The monoisotopic (exact) mass is 221 g/mol. The van der Waals surface area contributed by atoms with Crippen LogP contribution in [0, 0.1) is 12.8 Å². The molecular weight excluding hydrogens is 198 g/mol. The zero-order valence-electron chi connectivity index (χ0n) is 10.6.